The van der Waals surface area contributed by atoms with Gasteiger partial charge in [-0.25, -0.2) is 8.42 Å². The van der Waals surface area contributed by atoms with Crippen LogP contribution in [0.15, 0.2) is 51.8 Å². The number of nitrogens with zero attached hydrogens (tertiary/aromatic N) is 2. The largest absolute Gasteiger partial charge is 0.353 e. The highest BCUT2D eigenvalue weighted by molar-refractivity contribution is 9.10. The quantitative estimate of drug-likeness (QED) is 0.574. The summed E-state index contributed by atoms with van der Waals surface area (Å²) in [6.07, 6.45) is 2.30. The second-order valence-electron chi connectivity index (χ2n) is 9.00. The van der Waals surface area contributed by atoms with Crippen LogP contribution in [-0.4, -0.2) is 56.6 Å². The van der Waals surface area contributed by atoms with Gasteiger partial charge in [-0.2, -0.15) is 0 Å². The first-order valence-electron chi connectivity index (χ1n) is 11.6. The third-order valence-corrected chi connectivity index (χ3v) is 9.21. The first-order valence-corrected chi connectivity index (χ1v) is 14.1. The van der Waals surface area contributed by atoms with Crippen molar-refractivity contribution < 1.29 is 18.0 Å². The van der Waals surface area contributed by atoms with Crippen molar-refractivity contribution in [2.24, 2.45) is 0 Å². The number of sulfone groups is 1. The zero-order valence-electron chi connectivity index (χ0n) is 19.3. The molecule has 2 amide bonds. The highest BCUT2D eigenvalue weighted by Crippen LogP contribution is 2.36. The lowest BCUT2D eigenvalue weighted by atomic mass is 10.0. The third-order valence-electron chi connectivity index (χ3n) is 6.54. The van der Waals surface area contributed by atoms with Crippen molar-refractivity contribution in [3.63, 3.8) is 0 Å². The molecular formula is C25H30BrN3O4S. The molecule has 0 atom stereocenters. The minimum absolute atomic E-state index is 0.0677. The number of fused-ring (bicyclic) bond motifs is 1. The number of anilines is 1. The Bertz CT molecular complexity index is 1160. The van der Waals surface area contributed by atoms with Gasteiger partial charge in [-0.15, -0.1) is 0 Å². The van der Waals surface area contributed by atoms with Crippen molar-refractivity contribution in [1.82, 2.24) is 10.2 Å². The van der Waals surface area contributed by atoms with Crippen LogP contribution < -0.4 is 10.2 Å². The SMILES string of the molecule is CC(=O)N1CCc2cc(Br)c(S(=O)(=O)CCC(=O)NC3CCN(Cc4ccccc4)CC3)cc21. The number of amides is 2. The molecule has 9 heteroatoms. The summed E-state index contributed by atoms with van der Waals surface area (Å²) in [5.41, 5.74) is 2.86. The number of likely N-dealkylation sites (tertiary alicyclic amines) is 1. The lowest BCUT2D eigenvalue weighted by molar-refractivity contribution is -0.121. The Morgan fingerprint density at radius 1 is 1.09 bits per heavy atom. The number of carbonyl (C=O) groups excluding carboxylic acids is 2. The van der Waals surface area contributed by atoms with Crippen LogP contribution in [0.5, 0.6) is 0 Å². The second-order valence-corrected chi connectivity index (χ2v) is 11.9. The van der Waals surface area contributed by atoms with Crippen molar-refractivity contribution in [3.8, 4) is 0 Å². The zero-order valence-corrected chi connectivity index (χ0v) is 21.7. The maximum Gasteiger partial charge on any atom is 0.223 e. The molecule has 1 saturated heterocycles. The molecule has 34 heavy (non-hydrogen) atoms. The van der Waals surface area contributed by atoms with E-state index in [4.69, 9.17) is 0 Å². The van der Waals surface area contributed by atoms with Gasteiger partial charge in [-0.1, -0.05) is 30.3 Å². The van der Waals surface area contributed by atoms with Gasteiger partial charge in [0.05, 0.1) is 10.6 Å². The smallest absolute Gasteiger partial charge is 0.223 e. The van der Waals surface area contributed by atoms with E-state index in [0.29, 0.717) is 23.1 Å². The number of benzene rings is 2. The van der Waals surface area contributed by atoms with Gasteiger partial charge in [-0.05, 0) is 58.5 Å². The van der Waals surface area contributed by atoms with Gasteiger partial charge < -0.3 is 10.2 Å². The molecule has 0 saturated carbocycles. The van der Waals surface area contributed by atoms with E-state index in [1.54, 1.807) is 17.0 Å². The van der Waals surface area contributed by atoms with Gasteiger partial charge in [0.25, 0.3) is 0 Å². The molecule has 7 nitrogen and oxygen atoms in total. The summed E-state index contributed by atoms with van der Waals surface area (Å²) in [6, 6.07) is 13.7. The van der Waals surface area contributed by atoms with Gasteiger partial charge in [-0.3, -0.25) is 14.5 Å². The monoisotopic (exact) mass is 547 g/mol. The molecule has 2 aliphatic heterocycles. The molecule has 2 aliphatic rings. The van der Waals surface area contributed by atoms with Crippen LogP contribution in [0, 0.1) is 0 Å². The molecule has 4 rings (SSSR count). The van der Waals surface area contributed by atoms with Crippen molar-refractivity contribution in [2.75, 3.05) is 30.3 Å². The van der Waals surface area contributed by atoms with Gasteiger partial charge in [0.15, 0.2) is 9.84 Å². The molecule has 0 radical (unpaired) electrons. The van der Waals surface area contributed by atoms with E-state index in [0.717, 1.165) is 38.0 Å². The van der Waals surface area contributed by atoms with Crippen LogP contribution in [0.1, 0.15) is 37.3 Å². The topological polar surface area (TPSA) is 86.8 Å². The summed E-state index contributed by atoms with van der Waals surface area (Å²) in [5.74, 6) is -0.630. The van der Waals surface area contributed by atoms with E-state index in [-0.39, 0.29) is 34.9 Å². The minimum Gasteiger partial charge on any atom is -0.353 e. The van der Waals surface area contributed by atoms with Gasteiger partial charge >= 0.3 is 0 Å². The van der Waals surface area contributed by atoms with Crippen LogP contribution in [0.25, 0.3) is 0 Å². The number of rotatable bonds is 7. The Morgan fingerprint density at radius 3 is 2.47 bits per heavy atom. The van der Waals surface area contributed by atoms with Crippen molar-refractivity contribution in [1.29, 1.82) is 0 Å². The number of halogens is 1. The Balaban J connectivity index is 1.29. The standard InChI is InChI=1S/C25H30BrN3O4S/c1-18(30)29-13-7-20-15-22(26)24(16-23(20)29)34(32,33)14-10-25(31)27-21-8-11-28(12-9-21)17-19-5-3-2-4-6-19/h2-6,15-16,21H,7-14,17H2,1H3,(H,27,31). The highest BCUT2D eigenvalue weighted by Gasteiger charge is 2.28. The fraction of sp³-hybridized carbons (Fsp3) is 0.440. The number of carbonyl (C=O) groups is 2. The Morgan fingerprint density at radius 2 is 1.79 bits per heavy atom. The zero-order chi connectivity index (χ0) is 24.3. The van der Waals surface area contributed by atoms with E-state index in [1.807, 2.05) is 18.2 Å². The van der Waals surface area contributed by atoms with Crippen LogP contribution in [0.3, 0.4) is 0 Å². The van der Waals surface area contributed by atoms with E-state index in [1.165, 1.54) is 12.5 Å². The fourth-order valence-electron chi connectivity index (χ4n) is 4.67. The average molecular weight is 549 g/mol. The molecule has 0 bridgehead atoms. The summed E-state index contributed by atoms with van der Waals surface area (Å²) in [4.78, 5) is 28.5. The summed E-state index contributed by atoms with van der Waals surface area (Å²) in [6.45, 7) is 4.71. The summed E-state index contributed by atoms with van der Waals surface area (Å²) >= 11 is 3.37. The van der Waals surface area contributed by atoms with Gasteiger partial charge in [0.1, 0.15) is 0 Å². The first kappa shape index (κ1) is 24.9. The molecule has 2 aromatic carbocycles. The Kier molecular flexibility index (Phi) is 7.74. The van der Waals surface area contributed by atoms with Gasteiger partial charge in [0.2, 0.25) is 11.8 Å². The number of piperidine rings is 1. The van der Waals surface area contributed by atoms with E-state index in [9.17, 15) is 18.0 Å². The summed E-state index contributed by atoms with van der Waals surface area (Å²) in [5, 5.41) is 3.01. The molecule has 2 aromatic rings. The molecule has 0 spiro atoms. The molecule has 0 aromatic heterocycles. The van der Waals surface area contributed by atoms with Crippen molar-refractivity contribution >= 4 is 43.3 Å². The predicted octanol–water partition coefficient (Wildman–Crippen LogP) is 3.30. The summed E-state index contributed by atoms with van der Waals surface area (Å²) < 4.78 is 26.5. The third kappa shape index (κ3) is 5.87. The van der Waals surface area contributed by atoms with Gasteiger partial charge in [0, 0.05) is 55.7 Å². The summed E-state index contributed by atoms with van der Waals surface area (Å²) in [7, 11) is -3.69. The van der Waals surface area contributed by atoms with Crippen LogP contribution in [0.2, 0.25) is 0 Å². The lowest BCUT2D eigenvalue weighted by Crippen LogP contribution is -2.44. The number of hydrogen-bond donors (Lipinski definition) is 1. The number of hydrogen-bond acceptors (Lipinski definition) is 5. The molecule has 0 unspecified atom stereocenters. The predicted molar refractivity (Wildman–Crippen MR) is 135 cm³/mol. The minimum atomic E-state index is -3.69. The average Bonchev–Trinajstić information content (AvgIpc) is 3.22. The molecular weight excluding hydrogens is 518 g/mol. The highest BCUT2D eigenvalue weighted by atomic mass is 79.9. The van der Waals surface area contributed by atoms with E-state index >= 15 is 0 Å². The van der Waals surface area contributed by atoms with Crippen molar-refractivity contribution in [3.05, 3.63) is 58.1 Å². The van der Waals surface area contributed by atoms with Crippen LogP contribution in [-0.2, 0) is 32.4 Å². The number of nitrogens with one attached hydrogen (secondary N) is 1. The molecule has 0 aliphatic carbocycles. The first-order chi connectivity index (χ1) is 16.2. The Hall–Kier alpha value is -2.23. The van der Waals surface area contributed by atoms with Crippen LogP contribution in [0.4, 0.5) is 5.69 Å². The van der Waals surface area contributed by atoms with E-state index in [2.05, 4.69) is 38.3 Å². The fourth-order valence-corrected chi connectivity index (χ4v) is 7.12. The maximum absolute atomic E-state index is 13.0. The maximum atomic E-state index is 13.0. The van der Waals surface area contributed by atoms with Crippen molar-refractivity contribution in [2.45, 2.75) is 50.1 Å². The van der Waals surface area contributed by atoms with Crippen LogP contribution >= 0.6 is 15.9 Å². The lowest BCUT2D eigenvalue weighted by Gasteiger charge is -2.32. The Labute approximate surface area is 209 Å². The molecule has 182 valence electrons. The van der Waals surface area contributed by atoms with E-state index < -0.39 is 9.84 Å². The molecule has 1 fully saturated rings. The molecule has 1 N–H and O–H groups in total. The molecule has 2 heterocycles. The second kappa shape index (κ2) is 10.6. The normalized spacial score (nSPS) is 16.9.